The summed E-state index contributed by atoms with van der Waals surface area (Å²) in [6, 6.07) is 18.9. The van der Waals surface area contributed by atoms with Crippen LogP contribution in [-0.2, 0) is 4.79 Å². The molecule has 0 saturated heterocycles. The lowest BCUT2D eigenvalue weighted by Crippen LogP contribution is -2.25. The summed E-state index contributed by atoms with van der Waals surface area (Å²) < 4.78 is 7.40. The molecule has 132 valence electrons. The first-order valence-electron chi connectivity index (χ1n) is 8.08. The van der Waals surface area contributed by atoms with Gasteiger partial charge in [0.1, 0.15) is 5.75 Å². The second kappa shape index (κ2) is 8.36. The van der Waals surface area contributed by atoms with E-state index >= 15 is 0 Å². The van der Waals surface area contributed by atoms with E-state index in [1.54, 1.807) is 24.3 Å². The van der Waals surface area contributed by atoms with Crippen molar-refractivity contribution in [3.05, 3.63) is 83.6 Å². The van der Waals surface area contributed by atoms with Crippen molar-refractivity contribution < 1.29 is 9.53 Å². The third kappa shape index (κ3) is 4.52. The number of carbonyl (C=O) groups is 1. The van der Waals surface area contributed by atoms with Gasteiger partial charge in [-0.25, -0.2) is 5.43 Å². The number of para-hydroxylation sites is 1. The largest absolute Gasteiger partial charge is 0.482 e. The first-order valence-corrected chi connectivity index (χ1v) is 8.45. The molecule has 0 radical (unpaired) electrons. The van der Waals surface area contributed by atoms with Crippen LogP contribution in [0.1, 0.15) is 12.5 Å². The molecule has 1 N–H and O–H groups in total. The molecular formula is C20H18ClN3O2. The molecule has 0 unspecified atom stereocenters. The Balaban J connectivity index is 1.56. The van der Waals surface area contributed by atoms with Crippen molar-refractivity contribution >= 4 is 23.2 Å². The molecule has 0 fully saturated rings. The van der Waals surface area contributed by atoms with Crippen molar-refractivity contribution in [3.63, 3.8) is 0 Å². The van der Waals surface area contributed by atoms with Crippen molar-refractivity contribution in [2.75, 3.05) is 6.61 Å². The zero-order chi connectivity index (χ0) is 18.4. The Morgan fingerprint density at radius 3 is 2.46 bits per heavy atom. The Kier molecular flexibility index (Phi) is 5.71. The molecule has 0 saturated carbocycles. The zero-order valence-corrected chi connectivity index (χ0v) is 15.0. The third-order valence-electron chi connectivity index (χ3n) is 3.73. The number of aromatic nitrogens is 1. The lowest BCUT2D eigenvalue weighted by molar-refractivity contribution is -0.123. The van der Waals surface area contributed by atoms with E-state index in [0.717, 1.165) is 11.3 Å². The van der Waals surface area contributed by atoms with Crippen LogP contribution < -0.4 is 10.2 Å². The molecule has 3 rings (SSSR count). The predicted octanol–water partition coefficient (Wildman–Crippen LogP) is 4.05. The first-order chi connectivity index (χ1) is 12.6. The van der Waals surface area contributed by atoms with E-state index in [9.17, 15) is 4.79 Å². The number of hydrazone groups is 1. The highest BCUT2D eigenvalue weighted by Crippen LogP contribution is 2.22. The number of hydrogen-bond donors (Lipinski definition) is 1. The van der Waals surface area contributed by atoms with Crippen LogP contribution >= 0.6 is 11.6 Å². The fraction of sp³-hybridized carbons (Fsp3) is 0.100. The smallest absolute Gasteiger partial charge is 0.277 e. The number of benzene rings is 2. The van der Waals surface area contributed by atoms with E-state index in [2.05, 4.69) is 10.5 Å². The van der Waals surface area contributed by atoms with E-state index in [1.165, 1.54) is 0 Å². The van der Waals surface area contributed by atoms with Gasteiger partial charge in [0.2, 0.25) is 0 Å². The third-order valence-corrected chi connectivity index (χ3v) is 4.04. The Labute approximate surface area is 156 Å². The van der Waals surface area contributed by atoms with Gasteiger partial charge < -0.3 is 9.30 Å². The highest BCUT2D eigenvalue weighted by atomic mass is 35.5. The maximum absolute atomic E-state index is 11.9. The topological polar surface area (TPSA) is 55.6 Å². The number of amides is 1. The quantitative estimate of drug-likeness (QED) is 0.528. The maximum atomic E-state index is 11.9. The maximum Gasteiger partial charge on any atom is 0.277 e. The summed E-state index contributed by atoms with van der Waals surface area (Å²) in [5.74, 6) is 0.110. The normalized spacial score (nSPS) is 11.2. The van der Waals surface area contributed by atoms with Crippen LogP contribution in [0.2, 0.25) is 5.02 Å². The fourth-order valence-corrected chi connectivity index (χ4v) is 2.52. The van der Waals surface area contributed by atoms with Gasteiger partial charge in [-0.05, 0) is 48.9 Å². The molecule has 0 atom stereocenters. The minimum Gasteiger partial charge on any atom is -0.482 e. The Morgan fingerprint density at radius 2 is 1.77 bits per heavy atom. The number of rotatable bonds is 6. The highest BCUT2D eigenvalue weighted by molar-refractivity contribution is 6.32. The minimum absolute atomic E-state index is 0.160. The lowest BCUT2D eigenvalue weighted by atomic mass is 10.1. The van der Waals surface area contributed by atoms with E-state index in [4.69, 9.17) is 16.3 Å². The minimum atomic E-state index is -0.353. The molecule has 6 heteroatoms. The van der Waals surface area contributed by atoms with Gasteiger partial charge in [0.25, 0.3) is 5.91 Å². The van der Waals surface area contributed by atoms with E-state index in [-0.39, 0.29) is 12.5 Å². The fourth-order valence-electron chi connectivity index (χ4n) is 2.33. The lowest BCUT2D eigenvalue weighted by Gasteiger charge is -2.07. The highest BCUT2D eigenvalue weighted by Gasteiger charge is 2.05. The van der Waals surface area contributed by atoms with Crippen LogP contribution in [0, 0.1) is 0 Å². The molecule has 1 aromatic heterocycles. The van der Waals surface area contributed by atoms with Gasteiger partial charge in [0.15, 0.2) is 6.61 Å². The van der Waals surface area contributed by atoms with Crippen LogP contribution in [0.15, 0.2) is 78.2 Å². The van der Waals surface area contributed by atoms with Crippen molar-refractivity contribution in [2.45, 2.75) is 6.92 Å². The standard InChI is InChI=1S/C20H18ClN3O2/c1-15(16-8-10-17(11-9-16)24-12-4-5-13-24)22-23-20(25)14-26-19-7-3-2-6-18(19)21/h2-13H,14H2,1H3,(H,23,25)/b22-15+. The molecule has 0 aliphatic rings. The van der Waals surface area contributed by atoms with Gasteiger partial charge in [-0.3, -0.25) is 4.79 Å². The molecule has 0 aliphatic heterocycles. The van der Waals surface area contributed by atoms with Gasteiger partial charge in [-0.2, -0.15) is 5.10 Å². The Morgan fingerprint density at radius 1 is 1.08 bits per heavy atom. The van der Waals surface area contributed by atoms with Gasteiger partial charge in [-0.1, -0.05) is 35.9 Å². The summed E-state index contributed by atoms with van der Waals surface area (Å²) in [6.45, 7) is 1.67. The first kappa shape index (κ1) is 17.8. The average molecular weight is 368 g/mol. The van der Waals surface area contributed by atoms with Gasteiger partial charge in [0, 0.05) is 18.1 Å². The van der Waals surface area contributed by atoms with Crippen molar-refractivity contribution in [3.8, 4) is 11.4 Å². The van der Waals surface area contributed by atoms with Crippen LogP contribution in [-0.4, -0.2) is 22.8 Å². The van der Waals surface area contributed by atoms with Crippen molar-refractivity contribution in [1.29, 1.82) is 0 Å². The molecule has 2 aromatic carbocycles. The predicted molar refractivity (Wildman–Crippen MR) is 103 cm³/mol. The molecular weight excluding hydrogens is 350 g/mol. The van der Waals surface area contributed by atoms with E-state index in [1.807, 2.05) is 60.3 Å². The Hall–Kier alpha value is -3.05. The summed E-state index contributed by atoms with van der Waals surface area (Å²) in [4.78, 5) is 11.9. The number of nitrogens with one attached hydrogen (secondary N) is 1. The van der Waals surface area contributed by atoms with Gasteiger partial charge >= 0.3 is 0 Å². The molecule has 0 bridgehead atoms. The number of halogens is 1. The Bertz CT molecular complexity index is 903. The van der Waals surface area contributed by atoms with Crippen LogP contribution in [0.25, 0.3) is 5.69 Å². The number of nitrogens with zero attached hydrogens (tertiary/aromatic N) is 2. The monoisotopic (exact) mass is 367 g/mol. The second-order valence-corrected chi connectivity index (χ2v) is 6.00. The van der Waals surface area contributed by atoms with Gasteiger partial charge in [-0.15, -0.1) is 0 Å². The van der Waals surface area contributed by atoms with Crippen LogP contribution in [0.4, 0.5) is 0 Å². The summed E-state index contributed by atoms with van der Waals surface area (Å²) in [7, 11) is 0. The average Bonchev–Trinajstić information content (AvgIpc) is 3.20. The van der Waals surface area contributed by atoms with Crippen molar-refractivity contribution in [2.24, 2.45) is 5.10 Å². The number of carbonyl (C=O) groups excluding carboxylic acids is 1. The molecule has 0 spiro atoms. The number of ether oxygens (including phenoxy) is 1. The van der Waals surface area contributed by atoms with Crippen molar-refractivity contribution in [1.82, 2.24) is 9.99 Å². The molecule has 3 aromatic rings. The molecule has 0 aliphatic carbocycles. The van der Waals surface area contributed by atoms with Crippen LogP contribution in [0.5, 0.6) is 5.75 Å². The van der Waals surface area contributed by atoms with Crippen LogP contribution in [0.3, 0.4) is 0 Å². The second-order valence-electron chi connectivity index (χ2n) is 5.59. The summed E-state index contributed by atoms with van der Waals surface area (Å²) in [5.41, 5.74) is 5.18. The summed E-state index contributed by atoms with van der Waals surface area (Å²) >= 11 is 5.98. The summed E-state index contributed by atoms with van der Waals surface area (Å²) in [5, 5.41) is 4.58. The van der Waals surface area contributed by atoms with E-state index in [0.29, 0.717) is 16.5 Å². The molecule has 5 nitrogen and oxygen atoms in total. The van der Waals surface area contributed by atoms with Gasteiger partial charge in [0.05, 0.1) is 10.7 Å². The summed E-state index contributed by atoms with van der Waals surface area (Å²) in [6.07, 6.45) is 3.96. The van der Waals surface area contributed by atoms with E-state index < -0.39 is 0 Å². The molecule has 1 heterocycles. The molecule has 1 amide bonds. The SMILES string of the molecule is C/C(=N\NC(=O)COc1ccccc1Cl)c1ccc(-n2cccc2)cc1. The zero-order valence-electron chi connectivity index (χ0n) is 14.2. The molecule has 26 heavy (non-hydrogen) atoms. The number of hydrogen-bond acceptors (Lipinski definition) is 3.